The predicted octanol–water partition coefficient (Wildman–Crippen LogP) is 1.49. The van der Waals surface area contributed by atoms with E-state index in [1.165, 1.54) is 10.9 Å². The van der Waals surface area contributed by atoms with Crippen molar-refractivity contribution in [2.45, 2.75) is 19.6 Å². The molecule has 3 heterocycles. The number of aromatic carboxylic acids is 1. The van der Waals surface area contributed by atoms with Crippen LogP contribution in [0.4, 0.5) is 10.1 Å². The zero-order valence-corrected chi connectivity index (χ0v) is 17.3. The SMILES string of the molecule is COP(=O)(O)N1CCN(c2c(F)cc3c(=O)c(C(=O)O)cn4c3c2OC(C)C4)CC1. The van der Waals surface area contributed by atoms with Gasteiger partial charge in [-0.15, -0.1) is 0 Å². The number of hydrogen-bond donors (Lipinski definition) is 2. The molecule has 1 aromatic carbocycles. The van der Waals surface area contributed by atoms with Crippen LogP contribution in [0.15, 0.2) is 17.1 Å². The fourth-order valence-electron chi connectivity index (χ4n) is 3.99. The smallest absolute Gasteiger partial charge is 0.405 e. The molecule has 2 unspecified atom stereocenters. The summed E-state index contributed by atoms with van der Waals surface area (Å²) in [4.78, 5) is 35.6. The van der Waals surface area contributed by atoms with Gasteiger partial charge in [0.2, 0.25) is 5.43 Å². The Morgan fingerprint density at radius 3 is 2.60 bits per heavy atom. The summed E-state index contributed by atoms with van der Waals surface area (Å²) in [6.45, 7) is 2.87. The first kappa shape index (κ1) is 20.8. The van der Waals surface area contributed by atoms with Gasteiger partial charge in [0.15, 0.2) is 11.6 Å². The number of benzene rings is 1. The van der Waals surface area contributed by atoms with Gasteiger partial charge in [0, 0.05) is 39.5 Å². The Morgan fingerprint density at radius 2 is 2.00 bits per heavy atom. The quantitative estimate of drug-likeness (QED) is 0.680. The highest BCUT2D eigenvalue weighted by Crippen LogP contribution is 2.47. The van der Waals surface area contributed by atoms with E-state index in [2.05, 4.69) is 4.52 Å². The molecule has 162 valence electrons. The Bertz CT molecular complexity index is 1140. The molecule has 1 fully saturated rings. The van der Waals surface area contributed by atoms with E-state index in [1.54, 1.807) is 16.4 Å². The van der Waals surface area contributed by atoms with Crippen LogP contribution < -0.4 is 15.1 Å². The largest absolute Gasteiger partial charge is 0.484 e. The van der Waals surface area contributed by atoms with Gasteiger partial charge in [0.25, 0.3) is 0 Å². The zero-order chi connectivity index (χ0) is 21.8. The second-order valence-electron chi connectivity index (χ2n) is 7.30. The molecule has 0 aliphatic carbocycles. The van der Waals surface area contributed by atoms with Gasteiger partial charge < -0.3 is 28.7 Å². The molecule has 0 bridgehead atoms. The Hall–Kier alpha value is -2.46. The van der Waals surface area contributed by atoms with Crippen molar-refractivity contribution in [3.05, 3.63) is 33.9 Å². The van der Waals surface area contributed by atoms with Crippen molar-refractivity contribution < 1.29 is 33.0 Å². The van der Waals surface area contributed by atoms with E-state index in [9.17, 15) is 24.2 Å². The number of anilines is 1. The number of pyridine rings is 1. The number of carboxylic acids is 1. The Balaban J connectivity index is 1.83. The minimum atomic E-state index is -3.88. The maximum absolute atomic E-state index is 15.2. The average molecular weight is 441 g/mol. The maximum Gasteiger partial charge on any atom is 0.405 e. The Morgan fingerprint density at radius 1 is 1.33 bits per heavy atom. The van der Waals surface area contributed by atoms with E-state index in [0.717, 1.165) is 13.2 Å². The lowest BCUT2D eigenvalue weighted by atomic mass is 10.1. The standard InChI is InChI=1S/C18H21FN3O7P/c1-10-8-21-9-12(18(24)25)16(23)11-7-13(19)15(17(29-10)14(11)21)20-3-5-22(6-4-20)30(26,27)28-2/h7,9-10H,3-6,8H2,1-2H3,(H,24,25)(H,26,27). The second-order valence-corrected chi connectivity index (χ2v) is 9.22. The number of aromatic nitrogens is 1. The molecule has 0 amide bonds. The van der Waals surface area contributed by atoms with E-state index in [0.29, 0.717) is 12.1 Å². The third-order valence-electron chi connectivity index (χ3n) is 5.41. The number of carbonyl (C=O) groups is 1. The molecule has 2 aliphatic heterocycles. The molecule has 1 aromatic heterocycles. The molecule has 0 saturated carbocycles. The van der Waals surface area contributed by atoms with E-state index in [-0.39, 0.29) is 49.1 Å². The molecule has 2 atom stereocenters. The molecule has 2 aromatic rings. The summed E-state index contributed by atoms with van der Waals surface area (Å²) >= 11 is 0. The second kappa shape index (κ2) is 7.35. The van der Waals surface area contributed by atoms with Crippen molar-refractivity contribution in [1.82, 2.24) is 9.24 Å². The summed E-state index contributed by atoms with van der Waals surface area (Å²) in [5.41, 5.74) is -0.715. The van der Waals surface area contributed by atoms with Crippen molar-refractivity contribution >= 4 is 30.3 Å². The maximum atomic E-state index is 15.2. The summed E-state index contributed by atoms with van der Waals surface area (Å²) in [6, 6.07) is 1.04. The average Bonchev–Trinajstić information content (AvgIpc) is 2.70. The van der Waals surface area contributed by atoms with Crippen LogP contribution in [0.3, 0.4) is 0 Å². The molecule has 30 heavy (non-hydrogen) atoms. The molecule has 1 saturated heterocycles. The minimum absolute atomic E-state index is 0.0593. The van der Waals surface area contributed by atoms with Gasteiger partial charge in [0.1, 0.15) is 17.4 Å². The molecular formula is C18H21FN3O7P. The van der Waals surface area contributed by atoms with Gasteiger partial charge >= 0.3 is 13.7 Å². The first-order valence-corrected chi connectivity index (χ1v) is 10.9. The number of ether oxygens (including phenoxy) is 1. The van der Waals surface area contributed by atoms with Gasteiger partial charge in [0.05, 0.1) is 17.4 Å². The first-order chi connectivity index (χ1) is 14.1. The molecule has 4 rings (SSSR count). The lowest BCUT2D eigenvalue weighted by Gasteiger charge is -2.38. The lowest BCUT2D eigenvalue weighted by Crippen LogP contribution is -2.45. The predicted molar refractivity (Wildman–Crippen MR) is 106 cm³/mol. The highest BCUT2D eigenvalue weighted by molar-refractivity contribution is 7.50. The zero-order valence-electron chi connectivity index (χ0n) is 16.4. The highest BCUT2D eigenvalue weighted by Gasteiger charge is 2.35. The summed E-state index contributed by atoms with van der Waals surface area (Å²) in [5.74, 6) is -1.92. The normalized spacial score (nSPS) is 21.3. The van der Waals surface area contributed by atoms with Crippen LogP contribution in [0.2, 0.25) is 0 Å². The van der Waals surface area contributed by atoms with Crippen molar-refractivity contribution in [1.29, 1.82) is 0 Å². The van der Waals surface area contributed by atoms with E-state index < -0.39 is 30.5 Å². The van der Waals surface area contributed by atoms with Crippen molar-refractivity contribution in [2.24, 2.45) is 0 Å². The summed E-state index contributed by atoms with van der Waals surface area (Å²) in [6.07, 6.45) is 0.883. The summed E-state index contributed by atoms with van der Waals surface area (Å²) in [7, 11) is -2.73. The van der Waals surface area contributed by atoms with Crippen LogP contribution in [0.5, 0.6) is 5.75 Å². The molecule has 10 nitrogen and oxygen atoms in total. The van der Waals surface area contributed by atoms with Gasteiger partial charge in [-0.3, -0.25) is 4.79 Å². The van der Waals surface area contributed by atoms with Crippen LogP contribution in [-0.4, -0.2) is 64.6 Å². The van der Waals surface area contributed by atoms with Crippen molar-refractivity contribution in [3.63, 3.8) is 0 Å². The monoisotopic (exact) mass is 441 g/mol. The van der Waals surface area contributed by atoms with E-state index in [1.807, 2.05) is 0 Å². The number of nitrogens with zero attached hydrogens (tertiary/aromatic N) is 3. The van der Waals surface area contributed by atoms with E-state index >= 15 is 4.39 Å². The Kier molecular flexibility index (Phi) is 5.09. The van der Waals surface area contributed by atoms with Crippen LogP contribution >= 0.6 is 7.75 Å². The third kappa shape index (κ3) is 3.27. The molecular weight excluding hydrogens is 420 g/mol. The number of rotatable bonds is 4. The molecule has 2 N–H and O–H groups in total. The van der Waals surface area contributed by atoms with Crippen LogP contribution in [0.1, 0.15) is 17.3 Å². The van der Waals surface area contributed by atoms with Gasteiger partial charge in [-0.25, -0.2) is 18.4 Å². The third-order valence-corrected chi connectivity index (χ3v) is 7.01. The minimum Gasteiger partial charge on any atom is -0.484 e. The Labute approximate surface area is 170 Å². The molecule has 2 aliphatic rings. The number of halogens is 1. The molecule has 0 radical (unpaired) electrons. The molecule has 0 spiro atoms. The summed E-state index contributed by atoms with van der Waals surface area (Å²) < 4.78 is 40.7. The number of carboxylic acid groups (broad SMARTS) is 1. The van der Waals surface area contributed by atoms with Gasteiger partial charge in [-0.2, -0.15) is 0 Å². The number of piperazine rings is 1. The highest BCUT2D eigenvalue weighted by atomic mass is 31.2. The lowest BCUT2D eigenvalue weighted by molar-refractivity contribution is 0.0694. The fourth-order valence-corrected chi connectivity index (χ4v) is 4.91. The van der Waals surface area contributed by atoms with Crippen LogP contribution in [0.25, 0.3) is 10.9 Å². The fraction of sp³-hybridized carbons (Fsp3) is 0.444. The van der Waals surface area contributed by atoms with Gasteiger partial charge in [-0.1, -0.05) is 0 Å². The topological polar surface area (TPSA) is 122 Å². The van der Waals surface area contributed by atoms with Gasteiger partial charge in [-0.05, 0) is 13.0 Å². The molecule has 12 heteroatoms. The first-order valence-electron chi connectivity index (χ1n) is 9.32. The van der Waals surface area contributed by atoms with Crippen LogP contribution in [-0.2, 0) is 15.6 Å². The van der Waals surface area contributed by atoms with Crippen molar-refractivity contribution in [2.75, 3.05) is 38.2 Å². The number of hydrogen-bond acceptors (Lipinski definition) is 6. The van der Waals surface area contributed by atoms with Crippen LogP contribution in [0, 0.1) is 5.82 Å². The van der Waals surface area contributed by atoms with Crippen molar-refractivity contribution in [3.8, 4) is 5.75 Å². The summed E-state index contributed by atoms with van der Waals surface area (Å²) in [5, 5.41) is 9.27. The van der Waals surface area contributed by atoms with E-state index in [4.69, 9.17) is 4.74 Å².